The van der Waals surface area contributed by atoms with Gasteiger partial charge in [-0.05, 0) is 36.4 Å². The average Bonchev–Trinajstić information content (AvgIpc) is 3.06. The van der Waals surface area contributed by atoms with E-state index in [4.69, 9.17) is 4.42 Å². The van der Waals surface area contributed by atoms with Gasteiger partial charge in [0.15, 0.2) is 12.0 Å². The van der Waals surface area contributed by atoms with Crippen LogP contribution in [0.2, 0.25) is 0 Å². The first-order valence-electron chi connectivity index (χ1n) is 6.20. The van der Waals surface area contributed by atoms with Crippen LogP contribution in [0, 0.1) is 0 Å². The van der Waals surface area contributed by atoms with Gasteiger partial charge in [0.05, 0.1) is 5.69 Å². The lowest BCUT2D eigenvalue weighted by Gasteiger charge is -2.13. The zero-order valence-corrected chi connectivity index (χ0v) is 10.5. The molecule has 3 rings (SSSR count). The van der Waals surface area contributed by atoms with Crippen molar-refractivity contribution >= 4 is 23.8 Å². The maximum absolute atomic E-state index is 11.6. The zero-order valence-electron chi connectivity index (χ0n) is 10.5. The number of hydrogen-bond acceptors (Lipinski definition) is 4. The summed E-state index contributed by atoms with van der Waals surface area (Å²) in [6.45, 7) is 0. The van der Waals surface area contributed by atoms with Crippen LogP contribution in [0.5, 0.6) is 0 Å². The second kappa shape index (κ2) is 4.77. The number of anilines is 1. The van der Waals surface area contributed by atoms with Crippen molar-refractivity contribution in [1.29, 1.82) is 0 Å². The first kappa shape index (κ1) is 12.3. The Hall–Kier alpha value is -2.69. The molecule has 1 aliphatic rings. The standard InChI is InChI=1S/C15H11NO4/c17-9-12-5-6-13(20-12)10-1-3-11(4-2-10)16-14(18)7-8-15(16)19/h1-6,9H,7-8H2. The second-order valence-corrected chi connectivity index (χ2v) is 4.49. The van der Waals surface area contributed by atoms with Crippen molar-refractivity contribution in [3.8, 4) is 11.3 Å². The Morgan fingerprint density at radius 3 is 2.15 bits per heavy atom. The molecule has 1 fully saturated rings. The summed E-state index contributed by atoms with van der Waals surface area (Å²) in [6.07, 6.45) is 1.17. The summed E-state index contributed by atoms with van der Waals surface area (Å²) in [7, 11) is 0. The fourth-order valence-electron chi connectivity index (χ4n) is 2.21. The van der Waals surface area contributed by atoms with Crippen LogP contribution < -0.4 is 4.90 Å². The quantitative estimate of drug-likeness (QED) is 0.634. The molecule has 0 spiro atoms. The van der Waals surface area contributed by atoms with Crippen LogP contribution in [0.1, 0.15) is 23.4 Å². The largest absolute Gasteiger partial charge is 0.453 e. The van der Waals surface area contributed by atoms with E-state index in [9.17, 15) is 14.4 Å². The molecule has 100 valence electrons. The molecule has 5 heteroatoms. The van der Waals surface area contributed by atoms with Gasteiger partial charge in [0, 0.05) is 18.4 Å². The van der Waals surface area contributed by atoms with Gasteiger partial charge in [0.1, 0.15) is 5.76 Å². The number of nitrogens with zero attached hydrogens (tertiary/aromatic N) is 1. The maximum atomic E-state index is 11.6. The van der Waals surface area contributed by atoms with E-state index in [-0.39, 0.29) is 30.4 Å². The number of benzene rings is 1. The van der Waals surface area contributed by atoms with Crippen molar-refractivity contribution in [3.05, 3.63) is 42.2 Å². The van der Waals surface area contributed by atoms with Crippen molar-refractivity contribution < 1.29 is 18.8 Å². The summed E-state index contributed by atoms with van der Waals surface area (Å²) < 4.78 is 5.31. The highest BCUT2D eigenvalue weighted by Crippen LogP contribution is 2.27. The molecular weight excluding hydrogens is 258 g/mol. The molecule has 0 bridgehead atoms. The first-order chi connectivity index (χ1) is 9.69. The number of furan rings is 1. The third-order valence-corrected chi connectivity index (χ3v) is 3.20. The molecule has 1 aliphatic heterocycles. The summed E-state index contributed by atoms with van der Waals surface area (Å²) in [5.74, 6) is 0.472. The topological polar surface area (TPSA) is 67.6 Å². The van der Waals surface area contributed by atoms with Gasteiger partial charge in [0.2, 0.25) is 11.8 Å². The Labute approximate surface area is 114 Å². The molecule has 2 heterocycles. The molecule has 0 N–H and O–H groups in total. The van der Waals surface area contributed by atoms with Crippen molar-refractivity contribution in [1.82, 2.24) is 0 Å². The minimum Gasteiger partial charge on any atom is -0.453 e. The van der Waals surface area contributed by atoms with Gasteiger partial charge < -0.3 is 4.42 Å². The second-order valence-electron chi connectivity index (χ2n) is 4.49. The Kier molecular flexibility index (Phi) is 2.95. The van der Waals surface area contributed by atoms with Crippen LogP contribution >= 0.6 is 0 Å². The first-order valence-corrected chi connectivity index (χ1v) is 6.20. The molecule has 0 unspecified atom stereocenters. The number of rotatable bonds is 3. The molecule has 1 saturated heterocycles. The van der Waals surface area contributed by atoms with E-state index in [1.165, 1.54) is 4.90 Å². The number of carbonyl (C=O) groups excluding carboxylic acids is 3. The minimum atomic E-state index is -0.177. The average molecular weight is 269 g/mol. The zero-order chi connectivity index (χ0) is 14.1. The fraction of sp³-hybridized carbons (Fsp3) is 0.133. The molecule has 0 radical (unpaired) electrons. The summed E-state index contributed by atoms with van der Waals surface area (Å²) in [4.78, 5) is 35.0. The molecule has 0 aliphatic carbocycles. The molecule has 1 aromatic carbocycles. The van der Waals surface area contributed by atoms with Gasteiger partial charge in [-0.2, -0.15) is 0 Å². The van der Waals surface area contributed by atoms with E-state index >= 15 is 0 Å². The summed E-state index contributed by atoms with van der Waals surface area (Å²) >= 11 is 0. The highest BCUT2D eigenvalue weighted by molar-refractivity contribution is 6.19. The number of aldehydes is 1. The smallest absolute Gasteiger partial charge is 0.234 e. The van der Waals surface area contributed by atoms with Crippen molar-refractivity contribution in [3.63, 3.8) is 0 Å². The lowest BCUT2D eigenvalue weighted by atomic mass is 10.1. The lowest BCUT2D eigenvalue weighted by molar-refractivity contribution is -0.121. The van der Waals surface area contributed by atoms with E-state index in [1.807, 2.05) is 0 Å². The van der Waals surface area contributed by atoms with E-state index < -0.39 is 0 Å². The minimum absolute atomic E-state index is 0.177. The van der Waals surface area contributed by atoms with Crippen LogP contribution in [-0.2, 0) is 9.59 Å². The Morgan fingerprint density at radius 1 is 0.950 bits per heavy atom. The van der Waals surface area contributed by atoms with Gasteiger partial charge in [0.25, 0.3) is 0 Å². The van der Waals surface area contributed by atoms with Crippen LogP contribution in [0.15, 0.2) is 40.8 Å². The summed E-state index contributed by atoms with van der Waals surface area (Å²) in [6, 6.07) is 10.2. The Bertz CT molecular complexity index is 668. The van der Waals surface area contributed by atoms with Crippen LogP contribution in [0.25, 0.3) is 11.3 Å². The van der Waals surface area contributed by atoms with Gasteiger partial charge in [-0.1, -0.05) is 0 Å². The lowest BCUT2D eigenvalue weighted by Crippen LogP contribution is -2.28. The third-order valence-electron chi connectivity index (χ3n) is 3.20. The van der Waals surface area contributed by atoms with Crippen LogP contribution in [0.3, 0.4) is 0 Å². The van der Waals surface area contributed by atoms with Crippen molar-refractivity contribution in [2.45, 2.75) is 12.8 Å². The predicted octanol–water partition coefficient (Wildman–Crippen LogP) is 2.41. The summed E-state index contributed by atoms with van der Waals surface area (Å²) in [5.41, 5.74) is 1.34. The van der Waals surface area contributed by atoms with E-state index in [1.54, 1.807) is 36.4 Å². The van der Waals surface area contributed by atoms with Gasteiger partial charge in [-0.3, -0.25) is 19.3 Å². The third kappa shape index (κ3) is 2.03. The number of amides is 2. The highest BCUT2D eigenvalue weighted by Gasteiger charge is 2.30. The van der Waals surface area contributed by atoms with E-state index in [0.29, 0.717) is 17.7 Å². The van der Waals surface area contributed by atoms with Gasteiger partial charge in [-0.15, -0.1) is 0 Å². The summed E-state index contributed by atoms with van der Waals surface area (Å²) in [5, 5.41) is 0. The molecule has 1 aromatic heterocycles. The van der Waals surface area contributed by atoms with Crippen LogP contribution in [0.4, 0.5) is 5.69 Å². The Balaban J connectivity index is 1.89. The van der Waals surface area contributed by atoms with Crippen molar-refractivity contribution in [2.75, 3.05) is 4.90 Å². The van der Waals surface area contributed by atoms with E-state index in [0.717, 1.165) is 5.56 Å². The number of carbonyl (C=O) groups is 3. The molecule has 0 atom stereocenters. The number of imide groups is 1. The van der Waals surface area contributed by atoms with Crippen molar-refractivity contribution in [2.24, 2.45) is 0 Å². The van der Waals surface area contributed by atoms with E-state index in [2.05, 4.69) is 0 Å². The van der Waals surface area contributed by atoms with Gasteiger partial charge in [-0.25, -0.2) is 0 Å². The predicted molar refractivity (Wildman–Crippen MR) is 71.3 cm³/mol. The molecular formula is C15H11NO4. The molecule has 5 nitrogen and oxygen atoms in total. The molecule has 2 amide bonds. The number of hydrogen-bond donors (Lipinski definition) is 0. The normalized spacial score (nSPS) is 14.9. The molecule has 20 heavy (non-hydrogen) atoms. The molecule has 2 aromatic rings. The maximum Gasteiger partial charge on any atom is 0.234 e. The van der Waals surface area contributed by atoms with Crippen LogP contribution in [-0.4, -0.2) is 18.1 Å². The SMILES string of the molecule is O=Cc1ccc(-c2ccc(N3C(=O)CCC3=O)cc2)o1. The highest BCUT2D eigenvalue weighted by atomic mass is 16.3. The molecule has 0 saturated carbocycles. The fourth-order valence-corrected chi connectivity index (χ4v) is 2.21. The monoisotopic (exact) mass is 269 g/mol. The van der Waals surface area contributed by atoms with Gasteiger partial charge >= 0.3 is 0 Å². The Morgan fingerprint density at radius 2 is 1.60 bits per heavy atom.